The first-order valence-corrected chi connectivity index (χ1v) is 9.36. The van der Waals surface area contributed by atoms with Gasteiger partial charge in [0.1, 0.15) is 6.61 Å². The van der Waals surface area contributed by atoms with E-state index >= 15 is 0 Å². The first-order chi connectivity index (χ1) is 11.7. The van der Waals surface area contributed by atoms with Gasteiger partial charge in [0.15, 0.2) is 0 Å². The summed E-state index contributed by atoms with van der Waals surface area (Å²) in [6, 6.07) is 9.90. The fourth-order valence-corrected chi connectivity index (χ4v) is 4.11. The zero-order chi connectivity index (χ0) is 16.8. The van der Waals surface area contributed by atoms with Crippen LogP contribution in [-0.2, 0) is 11.3 Å². The number of hydrogen-bond acceptors (Lipinski definition) is 3. The molecule has 1 saturated carbocycles. The van der Waals surface area contributed by atoms with Crippen molar-refractivity contribution < 1.29 is 14.6 Å². The van der Waals surface area contributed by atoms with Crippen LogP contribution in [0.25, 0.3) is 0 Å². The number of nitrogens with zero attached hydrogens (tertiary/aromatic N) is 1. The average Bonchev–Trinajstić information content (AvgIpc) is 2.61. The molecule has 1 amide bonds. The minimum Gasteiger partial charge on any atom is -0.445 e. The zero-order valence-electron chi connectivity index (χ0n) is 14.5. The third kappa shape index (κ3) is 4.50. The molecule has 0 radical (unpaired) electrons. The van der Waals surface area contributed by atoms with Gasteiger partial charge in [-0.15, -0.1) is 0 Å². The number of ether oxygens (including phenoxy) is 1. The van der Waals surface area contributed by atoms with Gasteiger partial charge in [0.05, 0.1) is 5.60 Å². The molecule has 1 N–H and O–H groups in total. The van der Waals surface area contributed by atoms with E-state index in [4.69, 9.17) is 4.74 Å². The summed E-state index contributed by atoms with van der Waals surface area (Å²) in [6.07, 6.45) is 8.75. The Morgan fingerprint density at radius 3 is 2.62 bits per heavy atom. The molecule has 4 nitrogen and oxygen atoms in total. The Hall–Kier alpha value is -1.55. The van der Waals surface area contributed by atoms with Crippen LogP contribution < -0.4 is 0 Å². The molecule has 0 bridgehead atoms. The molecule has 1 aromatic rings. The van der Waals surface area contributed by atoms with Crippen LogP contribution in [-0.4, -0.2) is 34.3 Å². The van der Waals surface area contributed by atoms with Crippen LogP contribution in [0.3, 0.4) is 0 Å². The lowest BCUT2D eigenvalue weighted by Crippen LogP contribution is -2.48. The van der Waals surface area contributed by atoms with Crippen LogP contribution in [0.1, 0.15) is 63.4 Å². The molecule has 4 heteroatoms. The third-order valence-corrected chi connectivity index (χ3v) is 5.47. The van der Waals surface area contributed by atoms with Crippen molar-refractivity contribution in [3.63, 3.8) is 0 Å². The van der Waals surface area contributed by atoms with Crippen LogP contribution in [0, 0.1) is 0 Å². The molecule has 3 rings (SSSR count). The third-order valence-electron chi connectivity index (χ3n) is 5.47. The van der Waals surface area contributed by atoms with Gasteiger partial charge >= 0.3 is 6.09 Å². The number of carbonyl (C=O) groups is 1. The van der Waals surface area contributed by atoms with Crippen LogP contribution >= 0.6 is 0 Å². The van der Waals surface area contributed by atoms with Crippen molar-refractivity contribution >= 4 is 6.09 Å². The van der Waals surface area contributed by atoms with Crippen molar-refractivity contribution in [2.24, 2.45) is 0 Å². The summed E-state index contributed by atoms with van der Waals surface area (Å²) in [7, 11) is 0. The smallest absolute Gasteiger partial charge is 0.410 e. The molecule has 132 valence electrons. The largest absolute Gasteiger partial charge is 0.445 e. The van der Waals surface area contributed by atoms with Crippen molar-refractivity contribution in [3.8, 4) is 0 Å². The van der Waals surface area contributed by atoms with E-state index in [2.05, 4.69) is 0 Å². The number of carbonyl (C=O) groups excluding carboxylic acids is 1. The van der Waals surface area contributed by atoms with Crippen molar-refractivity contribution in [2.75, 3.05) is 6.54 Å². The fourth-order valence-electron chi connectivity index (χ4n) is 4.11. The van der Waals surface area contributed by atoms with Gasteiger partial charge in [-0.3, -0.25) is 0 Å². The van der Waals surface area contributed by atoms with Crippen LogP contribution in [0.15, 0.2) is 30.3 Å². The first-order valence-electron chi connectivity index (χ1n) is 9.36. The van der Waals surface area contributed by atoms with Crippen molar-refractivity contribution in [2.45, 2.75) is 76.0 Å². The second-order valence-electron chi connectivity index (χ2n) is 7.37. The Kier molecular flexibility index (Phi) is 5.77. The van der Waals surface area contributed by atoms with Crippen molar-refractivity contribution in [1.29, 1.82) is 0 Å². The van der Waals surface area contributed by atoms with E-state index in [1.165, 1.54) is 6.42 Å². The molecular formula is C20H29NO3. The minimum atomic E-state index is -0.585. The summed E-state index contributed by atoms with van der Waals surface area (Å²) < 4.78 is 5.53. The predicted octanol–water partition coefficient (Wildman–Crippen LogP) is 4.26. The topological polar surface area (TPSA) is 49.8 Å². The molecule has 1 aliphatic heterocycles. The van der Waals surface area contributed by atoms with Crippen LogP contribution in [0.4, 0.5) is 4.79 Å². The SMILES string of the molecule is O=C(OCc1ccccc1)N1CCCCC1CC1(O)CCCCC1. The maximum atomic E-state index is 12.5. The number of benzene rings is 1. The molecular weight excluding hydrogens is 302 g/mol. The number of hydrogen-bond donors (Lipinski definition) is 1. The van der Waals surface area contributed by atoms with E-state index in [0.717, 1.165) is 57.1 Å². The highest BCUT2D eigenvalue weighted by Crippen LogP contribution is 2.35. The standard InChI is InChI=1S/C20H29NO3/c22-19(24-16-17-9-3-1-4-10-17)21-14-8-5-11-18(21)15-20(23)12-6-2-7-13-20/h1,3-4,9-10,18,23H,2,5-8,11-16H2. The van der Waals surface area contributed by atoms with E-state index in [1.54, 1.807) is 0 Å². The summed E-state index contributed by atoms with van der Waals surface area (Å²) in [5.41, 5.74) is 0.420. The number of aliphatic hydroxyl groups is 1. The van der Waals surface area contributed by atoms with Gasteiger partial charge in [-0.25, -0.2) is 4.79 Å². The molecule has 1 aromatic carbocycles. The van der Waals surface area contributed by atoms with Gasteiger partial charge < -0.3 is 14.7 Å². The molecule has 0 aromatic heterocycles. The molecule has 1 heterocycles. The van der Waals surface area contributed by atoms with Gasteiger partial charge in [0.25, 0.3) is 0 Å². The molecule has 2 fully saturated rings. The maximum Gasteiger partial charge on any atom is 0.410 e. The highest BCUT2D eigenvalue weighted by Gasteiger charge is 2.37. The lowest BCUT2D eigenvalue weighted by molar-refractivity contribution is -0.0327. The van der Waals surface area contributed by atoms with E-state index in [1.807, 2.05) is 35.2 Å². The predicted molar refractivity (Wildman–Crippen MR) is 93.6 cm³/mol. The minimum absolute atomic E-state index is 0.116. The van der Waals surface area contributed by atoms with Crippen molar-refractivity contribution in [3.05, 3.63) is 35.9 Å². The zero-order valence-corrected chi connectivity index (χ0v) is 14.5. The summed E-state index contributed by atoms with van der Waals surface area (Å²) in [4.78, 5) is 14.4. The molecule has 0 spiro atoms. The molecule has 1 unspecified atom stereocenters. The highest BCUT2D eigenvalue weighted by atomic mass is 16.6. The number of amides is 1. The number of rotatable bonds is 4. The Labute approximate surface area is 144 Å². The average molecular weight is 331 g/mol. The summed E-state index contributed by atoms with van der Waals surface area (Å²) in [6.45, 7) is 1.06. The Bertz CT molecular complexity index is 525. The number of piperidine rings is 1. The molecule has 1 aliphatic carbocycles. The Balaban J connectivity index is 1.58. The Morgan fingerprint density at radius 1 is 1.12 bits per heavy atom. The van der Waals surface area contributed by atoms with E-state index < -0.39 is 5.60 Å². The van der Waals surface area contributed by atoms with Crippen molar-refractivity contribution in [1.82, 2.24) is 4.90 Å². The lowest BCUT2D eigenvalue weighted by atomic mass is 9.79. The fraction of sp³-hybridized carbons (Fsp3) is 0.650. The molecule has 1 atom stereocenters. The van der Waals surface area contributed by atoms with Gasteiger partial charge in [0, 0.05) is 12.6 Å². The first kappa shape index (κ1) is 17.3. The van der Waals surface area contributed by atoms with Gasteiger partial charge in [0.2, 0.25) is 0 Å². The van der Waals surface area contributed by atoms with E-state index in [0.29, 0.717) is 13.0 Å². The molecule has 1 saturated heterocycles. The monoisotopic (exact) mass is 331 g/mol. The summed E-state index contributed by atoms with van der Waals surface area (Å²) in [5, 5.41) is 10.9. The van der Waals surface area contributed by atoms with Gasteiger partial charge in [-0.1, -0.05) is 49.6 Å². The summed E-state index contributed by atoms with van der Waals surface area (Å²) in [5.74, 6) is 0. The van der Waals surface area contributed by atoms with Gasteiger partial charge in [-0.05, 0) is 44.1 Å². The maximum absolute atomic E-state index is 12.5. The van der Waals surface area contributed by atoms with E-state index in [9.17, 15) is 9.90 Å². The second-order valence-corrected chi connectivity index (χ2v) is 7.37. The quantitative estimate of drug-likeness (QED) is 0.896. The number of likely N-dealkylation sites (tertiary alicyclic amines) is 1. The molecule has 24 heavy (non-hydrogen) atoms. The van der Waals surface area contributed by atoms with Crippen LogP contribution in [0.2, 0.25) is 0 Å². The normalized spacial score (nSPS) is 23.7. The van der Waals surface area contributed by atoms with Crippen LogP contribution in [0.5, 0.6) is 0 Å². The highest BCUT2D eigenvalue weighted by molar-refractivity contribution is 5.68. The lowest BCUT2D eigenvalue weighted by Gasteiger charge is -2.41. The van der Waals surface area contributed by atoms with Gasteiger partial charge in [-0.2, -0.15) is 0 Å². The molecule has 2 aliphatic rings. The second kappa shape index (κ2) is 8.02. The summed E-state index contributed by atoms with van der Waals surface area (Å²) >= 11 is 0. The Morgan fingerprint density at radius 2 is 1.88 bits per heavy atom. The van der Waals surface area contributed by atoms with E-state index in [-0.39, 0.29) is 12.1 Å².